The highest BCUT2D eigenvalue weighted by molar-refractivity contribution is 7.91. The van der Waals surface area contributed by atoms with Crippen LogP contribution in [-0.4, -0.2) is 28.6 Å². The molecule has 0 aliphatic carbocycles. The fourth-order valence-electron chi connectivity index (χ4n) is 3.94. The summed E-state index contributed by atoms with van der Waals surface area (Å²) in [6.07, 6.45) is 2.69. The fraction of sp³-hybridized carbons (Fsp3) is 0.276. The average molecular weight is 506 g/mol. The smallest absolute Gasteiger partial charge is 0.339 e. The number of nitrogens with two attached hydrogens (primary N) is 1. The van der Waals surface area contributed by atoms with Gasteiger partial charge in [0.05, 0.1) is 35.9 Å². The number of carbonyl (C=O) groups is 1. The quantitative estimate of drug-likeness (QED) is 0.192. The van der Waals surface area contributed by atoms with E-state index in [4.69, 9.17) is 15.2 Å². The van der Waals surface area contributed by atoms with Gasteiger partial charge in [0.2, 0.25) is 9.84 Å². The van der Waals surface area contributed by atoms with Crippen LogP contribution in [0, 0.1) is 18.8 Å². The van der Waals surface area contributed by atoms with Gasteiger partial charge < -0.3 is 15.2 Å². The molecule has 36 heavy (non-hydrogen) atoms. The summed E-state index contributed by atoms with van der Waals surface area (Å²) in [6, 6.07) is 15.5. The number of hydrogen-bond donors (Lipinski definition) is 1. The Morgan fingerprint density at radius 2 is 1.69 bits per heavy atom. The van der Waals surface area contributed by atoms with Gasteiger partial charge in [-0.3, -0.25) is 0 Å². The number of unbranched alkanes of at least 4 members (excludes halogenated alkanes) is 2. The lowest BCUT2D eigenvalue weighted by Gasteiger charge is -2.21. The molecule has 0 saturated heterocycles. The average Bonchev–Trinajstić information content (AvgIpc) is 2.90. The first-order chi connectivity index (χ1) is 17.3. The summed E-state index contributed by atoms with van der Waals surface area (Å²) in [5.41, 5.74) is 8.87. The molecule has 3 rings (SSSR count). The molecule has 0 heterocycles. The van der Waals surface area contributed by atoms with Gasteiger partial charge in [0.1, 0.15) is 10.6 Å². The molecule has 0 saturated carbocycles. The second-order valence-corrected chi connectivity index (χ2v) is 10.2. The van der Waals surface area contributed by atoms with Crippen molar-refractivity contribution in [3.63, 3.8) is 0 Å². The topological polar surface area (TPSA) is 95.7 Å². The minimum atomic E-state index is -4.22. The second kappa shape index (κ2) is 11.8. The van der Waals surface area contributed by atoms with Crippen LogP contribution in [-0.2, 0) is 21.0 Å². The first-order valence-electron chi connectivity index (χ1n) is 11.7. The van der Waals surface area contributed by atoms with Crippen molar-refractivity contribution in [2.75, 3.05) is 20.0 Å². The molecule has 0 aliphatic rings. The van der Waals surface area contributed by atoms with Crippen LogP contribution in [0.3, 0.4) is 0 Å². The molecule has 7 heteroatoms. The molecular weight excluding hydrogens is 474 g/mol. The largest absolute Gasteiger partial charge is 0.497 e. The Labute approximate surface area is 213 Å². The highest BCUT2D eigenvalue weighted by atomic mass is 32.2. The van der Waals surface area contributed by atoms with Gasteiger partial charge >= 0.3 is 5.97 Å². The Balaban J connectivity index is 2.41. The number of anilines is 1. The Hall–Kier alpha value is -3.76. The van der Waals surface area contributed by atoms with Crippen molar-refractivity contribution in [3.8, 4) is 17.6 Å². The van der Waals surface area contributed by atoms with E-state index in [1.54, 1.807) is 19.1 Å². The molecule has 0 radical (unpaired) electrons. The zero-order chi connectivity index (χ0) is 26.3. The van der Waals surface area contributed by atoms with Crippen LogP contribution >= 0.6 is 0 Å². The number of benzene rings is 3. The van der Waals surface area contributed by atoms with Crippen LogP contribution in [0.5, 0.6) is 5.75 Å². The number of rotatable bonds is 8. The number of sulfone groups is 1. The SMILES string of the molecule is CCCCC#Cc1c(N)c(C)c(Cc2ccccc2)c(C(=O)OC)c1S(=O)(=O)c1ccc(OC)cc1. The highest BCUT2D eigenvalue weighted by Gasteiger charge is 2.33. The summed E-state index contributed by atoms with van der Waals surface area (Å²) in [6.45, 7) is 3.83. The number of carbonyl (C=O) groups excluding carboxylic acids is 1. The summed E-state index contributed by atoms with van der Waals surface area (Å²) >= 11 is 0. The zero-order valence-electron chi connectivity index (χ0n) is 21.1. The van der Waals surface area contributed by atoms with Crippen LogP contribution < -0.4 is 10.5 Å². The summed E-state index contributed by atoms with van der Waals surface area (Å²) in [5.74, 6) is 5.77. The molecule has 0 unspecified atom stereocenters. The van der Waals surface area contributed by atoms with Crippen LogP contribution in [0.4, 0.5) is 5.69 Å². The third-order valence-electron chi connectivity index (χ3n) is 6.00. The Bertz CT molecular complexity index is 1400. The summed E-state index contributed by atoms with van der Waals surface area (Å²) in [4.78, 5) is 13.0. The zero-order valence-corrected chi connectivity index (χ0v) is 21.9. The van der Waals surface area contributed by atoms with E-state index in [0.717, 1.165) is 18.4 Å². The first-order valence-corrected chi connectivity index (χ1v) is 13.2. The predicted molar refractivity (Wildman–Crippen MR) is 141 cm³/mol. The summed E-state index contributed by atoms with van der Waals surface area (Å²) in [7, 11) is -1.48. The Morgan fingerprint density at radius 1 is 1.03 bits per heavy atom. The van der Waals surface area contributed by atoms with E-state index < -0.39 is 15.8 Å². The van der Waals surface area contributed by atoms with Crippen molar-refractivity contribution in [2.45, 2.75) is 49.3 Å². The maximum atomic E-state index is 14.1. The van der Waals surface area contributed by atoms with Crippen LogP contribution in [0.15, 0.2) is 64.4 Å². The summed E-state index contributed by atoms with van der Waals surface area (Å²) < 4.78 is 38.4. The van der Waals surface area contributed by atoms with Gasteiger partial charge in [0, 0.05) is 6.42 Å². The van der Waals surface area contributed by atoms with E-state index in [0.29, 0.717) is 29.7 Å². The van der Waals surface area contributed by atoms with E-state index in [-0.39, 0.29) is 26.6 Å². The number of nitrogen functional groups attached to an aromatic ring is 1. The van der Waals surface area contributed by atoms with Gasteiger partial charge in [-0.1, -0.05) is 55.5 Å². The number of esters is 1. The van der Waals surface area contributed by atoms with Gasteiger partial charge in [-0.15, -0.1) is 0 Å². The molecule has 0 aromatic heterocycles. The van der Waals surface area contributed by atoms with E-state index in [2.05, 4.69) is 11.8 Å². The molecule has 0 spiro atoms. The number of methoxy groups -OCH3 is 2. The van der Waals surface area contributed by atoms with Gasteiger partial charge in [-0.05, 0) is 60.7 Å². The van der Waals surface area contributed by atoms with Crippen molar-refractivity contribution in [3.05, 3.63) is 82.4 Å². The fourth-order valence-corrected chi connectivity index (χ4v) is 5.58. The number of ether oxygens (including phenoxy) is 2. The molecular formula is C29H31NO5S. The predicted octanol–water partition coefficient (Wildman–Crippen LogP) is 5.34. The molecule has 3 aromatic carbocycles. The van der Waals surface area contributed by atoms with E-state index in [1.165, 1.54) is 26.4 Å². The maximum absolute atomic E-state index is 14.1. The standard InChI is InChI=1S/C29H31NO5S/c1-5-6-7-11-14-24-27(30)20(2)25(19-21-12-9-8-10-13-21)26(29(31)35-4)28(24)36(32,33)23-17-15-22(34-3)16-18-23/h8-10,12-13,15-18H,5-7,19,30H2,1-4H3. The highest BCUT2D eigenvalue weighted by Crippen LogP contribution is 2.38. The van der Waals surface area contributed by atoms with Crippen LogP contribution in [0.25, 0.3) is 0 Å². The normalized spacial score (nSPS) is 10.9. The third kappa shape index (κ3) is 5.55. The molecule has 0 aliphatic heterocycles. The molecule has 0 bridgehead atoms. The molecule has 0 atom stereocenters. The minimum Gasteiger partial charge on any atom is -0.497 e. The Kier molecular flexibility index (Phi) is 8.78. The first kappa shape index (κ1) is 26.8. The Morgan fingerprint density at radius 3 is 2.28 bits per heavy atom. The van der Waals surface area contributed by atoms with E-state index >= 15 is 0 Å². The number of hydrogen-bond acceptors (Lipinski definition) is 6. The van der Waals surface area contributed by atoms with Gasteiger partial charge in [0.25, 0.3) is 0 Å². The molecule has 188 valence electrons. The van der Waals surface area contributed by atoms with Crippen LogP contribution in [0.2, 0.25) is 0 Å². The monoisotopic (exact) mass is 505 g/mol. The van der Waals surface area contributed by atoms with Crippen molar-refractivity contribution < 1.29 is 22.7 Å². The van der Waals surface area contributed by atoms with Gasteiger partial charge in [-0.2, -0.15) is 0 Å². The molecule has 6 nitrogen and oxygen atoms in total. The maximum Gasteiger partial charge on any atom is 0.339 e. The van der Waals surface area contributed by atoms with Crippen molar-refractivity contribution in [1.82, 2.24) is 0 Å². The van der Waals surface area contributed by atoms with E-state index in [9.17, 15) is 13.2 Å². The van der Waals surface area contributed by atoms with Crippen molar-refractivity contribution in [1.29, 1.82) is 0 Å². The van der Waals surface area contributed by atoms with Crippen molar-refractivity contribution in [2.24, 2.45) is 0 Å². The molecule has 2 N–H and O–H groups in total. The summed E-state index contributed by atoms with van der Waals surface area (Å²) in [5, 5.41) is 0. The molecule has 3 aromatic rings. The third-order valence-corrected chi connectivity index (χ3v) is 7.84. The molecule has 0 fully saturated rings. The lowest BCUT2D eigenvalue weighted by Crippen LogP contribution is -2.19. The molecule has 0 amide bonds. The van der Waals surface area contributed by atoms with Crippen molar-refractivity contribution >= 4 is 21.5 Å². The van der Waals surface area contributed by atoms with E-state index in [1.807, 2.05) is 37.3 Å². The lowest BCUT2D eigenvalue weighted by atomic mass is 9.91. The second-order valence-electron chi connectivity index (χ2n) is 8.33. The van der Waals surface area contributed by atoms with Gasteiger partial charge in [-0.25, -0.2) is 13.2 Å². The lowest BCUT2D eigenvalue weighted by molar-refractivity contribution is 0.0595. The van der Waals surface area contributed by atoms with Crippen LogP contribution in [0.1, 0.15) is 58.8 Å². The minimum absolute atomic E-state index is 0.000949. The van der Waals surface area contributed by atoms with Gasteiger partial charge in [0.15, 0.2) is 0 Å².